The molecule has 1 heterocycles. The molecule has 1 N–H and O–H groups in total. The molecule has 1 aliphatic heterocycles. The number of rotatable bonds is 4. The predicted octanol–water partition coefficient (Wildman–Crippen LogP) is 1.97. The molecule has 1 unspecified atom stereocenters. The Kier molecular flexibility index (Phi) is 4.42. The Labute approximate surface area is 126 Å². The summed E-state index contributed by atoms with van der Waals surface area (Å²) in [5.74, 6) is -0.296. The van der Waals surface area contributed by atoms with E-state index in [1.54, 1.807) is 0 Å². The number of likely N-dealkylation sites (N-methyl/N-ethyl adjacent to an activating group) is 1. The fraction of sp³-hybridized carbons (Fsp3) is 0.600. The monoisotopic (exact) mass is 314 g/mol. The van der Waals surface area contributed by atoms with Crippen molar-refractivity contribution in [3.8, 4) is 0 Å². The smallest absolute Gasteiger partial charge is 0.178 e. The summed E-state index contributed by atoms with van der Waals surface area (Å²) in [5.41, 5.74) is 0.486. The Morgan fingerprint density at radius 3 is 2.67 bits per heavy atom. The van der Waals surface area contributed by atoms with E-state index in [1.807, 2.05) is 14.1 Å². The Morgan fingerprint density at radius 1 is 1.38 bits per heavy atom. The van der Waals surface area contributed by atoms with E-state index in [1.165, 1.54) is 18.2 Å². The topological polar surface area (TPSA) is 49.4 Å². The molecule has 0 amide bonds. The van der Waals surface area contributed by atoms with E-state index in [0.29, 0.717) is 18.5 Å². The molecule has 6 heteroatoms. The van der Waals surface area contributed by atoms with Gasteiger partial charge in [-0.1, -0.05) is 0 Å². The van der Waals surface area contributed by atoms with Crippen molar-refractivity contribution in [2.45, 2.75) is 36.7 Å². The molecule has 0 aliphatic carbocycles. The minimum absolute atomic E-state index is 0.0657. The standard InChI is InChI=1S/C15H23FN2O2S/c1-15(2,18(3)4)10-17-13-7-8-21(19,20)14-6-5-11(16)9-12(13)14/h5-6,9,13,17H,7-8,10H2,1-4H3. The Hall–Kier alpha value is -0.980. The van der Waals surface area contributed by atoms with Crippen molar-refractivity contribution in [1.29, 1.82) is 0 Å². The van der Waals surface area contributed by atoms with E-state index in [2.05, 4.69) is 24.1 Å². The van der Waals surface area contributed by atoms with Gasteiger partial charge in [0.05, 0.1) is 10.6 Å². The summed E-state index contributed by atoms with van der Waals surface area (Å²) >= 11 is 0. The maximum atomic E-state index is 13.5. The maximum absolute atomic E-state index is 13.5. The van der Waals surface area contributed by atoms with Crippen LogP contribution in [0.15, 0.2) is 23.1 Å². The first-order chi connectivity index (χ1) is 9.63. The average Bonchev–Trinajstić information content (AvgIpc) is 2.37. The van der Waals surface area contributed by atoms with Crippen LogP contribution in [-0.4, -0.2) is 45.2 Å². The summed E-state index contributed by atoms with van der Waals surface area (Å²) in [6, 6.07) is 3.80. The number of hydrogen-bond acceptors (Lipinski definition) is 4. The fourth-order valence-corrected chi connectivity index (χ4v) is 3.96. The lowest BCUT2D eigenvalue weighted by atomic mass is 10.00. The third-order valence-corrected chi connectivity index (χ3v) is 6.16. The van der Waals surface area contributed by atoms with Crippen LogP contribution in [-0.2, 0) is 9.84 Å². The molecule has 0 spiro atoms. The van der Waals surface area contributed by atoms with Gasteiger partial charge in [-0.2, -0.15) is 0 Å². The summed E-state index contributed by atoms with van der Waals surface area (Å²) < 4.78 is 37.7. The van der Waals surface area contributed by atoms with Crippen LogP contribution in [0.4, 0.5) is 4.39 Å². The molecule has 2 rings (SSSR count). The van der Waals surface area contributed by atoms with Crippen molar-refractivity contribution in [2.75, 3.05) is 26.4 Å². The Balaban J connectivity index is 2.26. The quantitative estimate of drug-likeness (QED) is 0.863. The molecule has 0 saturated heterocycles. The average molecular weight is 314 g/mol. The van der Waals surface area contributed by atoms with E-state index in [0.717, 1.165) is 0 Å². The third-order valence-electron chi connectivity index (χ3n) is 4.35. The van der Waals surface area contributed by atoms with Crippen LogP contribution in [0.25, 0.3) is 0 Å². The van der Waals surface area contributed by atoms with Crippen molar-refractivity contribution in [1.82, 2.24) is 10.2 Å². The largest absolute Gasteiger partial charge is 0.308 e. The maximum Gasteiger partial charge on any atom is 0.178 e. The van der Waals surface area contributed by atoms with Crippen LogP contribution in [0.1, 0.15) is 31.9 Å². The Morgan fingerprint density at radius 2 is 2.05 bits per heavy atom. The molecule has 0 radical (unpaired) electrons. The van der Waals surface area contributed by atoms with Crippen LogP contribution in [0.5, 0.6) is 0 Å². The highest BCUT2D eigenvalue weighted by Gasteiger charge is 2.31. The van der Waals surface area contributed by atoms with Gasteiger partial charge in [-0.05, 0) is 58.1 Å². The van der Waals surface area contributed by atoms with Crippen molar-refractivity contribution < 1.29 is 12.8 Å². The first kappa shape index (κ1) is 16.4. The zero-order chi connectivity index (χ0) is 15.8. The summed E-state index contributed by atoms with van der Waals surface area (Å²) in [5, 5.41) is 3.39. The molecule has 1 aliphatic rings. The minimum Gasteiger partial charge on any atom is -0.308 e. The zero-order valence-electron chi connectivity index (χ0n) is 13.0. The second-order valence-electron chi connectivity index (χ2n) is 6.43. The lowest BCUT2D eigenvalue weighted by Gasteiger charge is -2.35. The van der Waals surface area contributed by atoms with Crippen molar-refractivity contribution in [2.24, 2.45) is 0 Å². The van der Waals surface area contributed by atoms with Crippen molar-refractivity contribution >= 4 is 9.84 Å². The van der Waals surface area contributed by atoms with Gasteiger partial charge in [0.2, 0.25) is 0 Å². The van der Waals surface area contributed by atoms with Crippen molar-refractivity contribution in [3.63, 3.8) is 0 Å². The molecule has 21 heavy (non-hydrogen) atoms. The van der Waals surface area contributed by atoms with Gasteiger partial charge in [-0.15, -0.1) is 0 Å². The normalized spacial score (nSPS) is 21.3. The molecule has 118 valence electrons. The second kappa shape index (κ2) is 5.66. The third kappa shape index (κ3) is 3.44. The molecule has 0 bridgehead atoms. The van der Waals surface area contributed by atoms with Gasteiger partial charge in [0.1, 0.15) is 5.82 Å². The highest BCUT2D eigenvalue weighted by atomic mass is 32.2. The molecule has 1 aromatic rings. The molecule has 0 aromatic heterocycles. The van der Waals surface area contributed by atoms with Gasteiger partial charge in [0.15, 0.2) is 9.84 Å². The van der Waals surface area contributed by atoms with Gasteiger partial charge < -0.3 is 10.2 Å². The number of halogens is 1. The lowest BCUT2D eigenvalue weighted by Crippen LogP contribution is -2.48. The van der Waals surface area contributed by atoms with Gasteiger partial charge in [-0.3, -0.25) is 0 Å². The highest BCUT2D eigenvalue weighted by molar-refractivity contribution is 7.91. The highest BCUT2D eigenvalue weighted by Crippen LogP contribution is 2.32. The summed E-state index contributed by atoms with van der Waals surface area (Å²) in [4.78, 5) is 2.36. The number of hydrogen-bond donors (Lipinski definition) is 1. The number of sulfone groups is 1. The number of fused-ring (bicyclic) bond motifs is 1. The van der Waals surface area contributed by atoms with Crippen LogP contribution in [0, 0.1) is 5.82 Å². The first-order valence-electron chi connectivity index (χ1n) is 7.06. The number of nitrogens with zero attached hydrogens (tertiary/aromatic N) is 1. The summed E-state index contributed by atoms with van der Waals surface area (Å²) in [6.07, 6.45) is 0.474. The summed E-state index contributed by atoms with van der Waals surface area (Å²) in [7, 11) is 0.722. The molecular weight excluding hydrogens is 291 g/mol. The van der Waals surface area contributed by atoms with E-state index in [4.69, 9.17) is 0 Å². The molecule has 1 aromatic carbocycles. The van der Waals surface area contributed by atoms with Gasteiger partial charge in [0, 0.05) is 18.1 Å². The van der Waals surface area contributed by atoms with Gasteiger partial charge in [-0.25, -0.2) is 12.8 Å². The SMILES string of the molecule is CN(C)C(C)(C)CNC1CCS(=O)(=O)c2ccc(F)cc21. The first-order valence-corrected chi connectivity index (χ1v) is 8.72. The van der Waals surface area contributed by atoms with E-state index in [9.17, 15) is 12.8 Å². The number of nitrogens with one attached hydrogen (secondary N) is 1. The summed E-state index contributed by atoms with van der Waals surface area (Å²) in [6.45, 7) is 4.90. The number of benzene rings is 1. The predicted molar refractivity (Wildman–Crippen MR) is 81.6 cm³/mol. The van der Waals surface area contributed by atoms with Crippen LogP contribution in [0.2, 0.25) is 0 Å². The molecule has 0 fully saturated rings. The van der Waals surface area contributed by atoms with Crippen LogP contribution in [0.3, 0.4) is 0 Å². The van der Waals surface area contributed by atoms with E-state index >= 15 is 0 Å². The lowest BCUT2D eigenvalue weighted by molar-refractivity contribution is 0.183. The van der Waals surface area contributed by atoms with Crippen molar-refractivity contribution in [3.05, 3.63) is 29.6 Å². The minimum atomic E-state index is -3.28. The van der Waals surface area contributed by atoms with Gasteiger partial charge in [0.25, 0.3) is 0 Å². The molecule has 4 nitrogen and oxygen atoms in total. The zero-order valence-corrected chi connectivity index (χ0v) is 13.8. The second-order valence-corrected chi connectivity index (χ2v) is 8.51. The molecule has 1 atom stereocenters. The van der Waals surface area contributed by atoms with E-state index < -0.39 is 15.7 Å². The van der Waals surface area contributed by atoms with Crippen LogP contribution < -0.4 is 5.32 Å². The molecular formula is C15H23FN2O2S. The molecule has 0 saturated carbocycles. The Bertz CT molecular complexity index is 627. The van der Waals surface area contributed by atoms with Gasteiger partial charge >= 0.3 is 0 Å². The van der Waals surface area contributed by atoms with E-state index in [-0.39, 0.29) is 22.2 Å². The van der Waals surface area contributed by atoms with Crippen LogP contribution >= 0.6 is 0 Å². The fourth-order valence-electron chi connectivity index (χ4n) is 2.36.